The Morgan fingerprint density at radius 1 is 1.00 bits per heavy atom. The number of amides is 5. The second-order valence-electron chi connectivity index (χ2n) is 7.41. The summed E-state index contributed by atoms with van der Waals surface area (Å²) in [5.74, 6) is -1.83. The van der Waals surface area contributed by atoms with Gasteiger partial charge in [0.2, 0.25) is 5.91 Å². The fourth-order valence-electron chi connectivity index (χ4n) is 3.75. The standard InChI is InChI=1S/C22H21N3O5/c1-14(2)24-21(28)20(27)23(22(24)29)12-19(26)25-16-10-6-7-11-18(16)30-13-17(25)15-8-4-3-5-9-15/h3-11,14,17H,12-13H2,1-2H3. The molecular weight excluding hydrogens is 386 g/mol. The van der Waals surface area contributed by atoms with E-state index in [0.717, 1.165) is 10.5 Å². The van der Waals surface area contributed by atoms with Crippen LogP contribution in [0.5, 0.6) is 5.75 Å². The number of rotatable bonds is 4. The Morgan fingerprint density at radius 3 is 2.33 bits per heavy atom. The van der Waals surface area contributed by atoms with E-state index >= 15 is 0 Å². The van der Waals surface area contributed by atoms with Crippen LogP contribution in [0.3, 0.4) is 0 Å². The first-order valence-corrected chi connectivity index (χ1v) is 9.68. The topological polar surface area (TPSA) is 87.2 Å². The van der Waals surface area contributed by atoms with Crippen LogP contribution in [0, 0.1) is 0 Å². The number of nitrogens with zero attached hydrogens (tertiary/aromatic N) is 3. The lowest BCUT2D eigenvalue weighted by Gasteiger charge is -2.37. The number of hydrogen-bond donors (Lipinski definition) is 0. The first-order chi connectivity index (χ1) is 14.4. The number of hydrogen-bond acceptors (Lipinski definition) is 5. The van der Waals surface area contributed by atoms with Gasteiger partial charge in [0.15, 0.2) is 0 Å². The fourth-order valence-corrected chi connectivity index (χ4v) is 3.75. The van der Waals surface area contributed by atoms with Crippen LogP contribution in [0.25, 0.3) is 0 Å². The van der Waals surface area contributed by atoms with E-state index in [2.05, 4.69) is 0 Å². The third-order valence-electron chi connectivity index (χ3n) is 5.18. The monoisotopic (exact) mass is 407 g/mol. The van der Waals surface area contributed by atoms with Gasteiger partial charge in [0.1, 0.15) is 18.9 Å². The van der Waals surface area contributed by atoms with Gasteiger partial charge >= 0.3 is 17.8 Å². The summed E-state index contributed by atoms with van der Waals surface area (Å²) in [6, 6.07) is 14.8. The van der Waals surface area contributed by atoms with Gasteiger partial charge in [0.05, 0.1) is 11.7 Å². The van der Waals surface area contributed by atoms with Gasteiger partial charge in [-0.15, -0.1) is 0 Å². The number of anilines is 1. The molecule has 1 atom stereocenters. The summed E-state index contributed by atoms with van der Waals surface area (Å²) in [5.41, 5.74) is 1.41. The zero-order chi connectivity index (χ0) is 21.4. The summed E-state index contributed by atoms with van der Waals surface area (Å²) in [6.07, 6.45) is 0. The summed E-state index contributed by atoms with van der Waals surface area (Å²) < 4.78 is 5.84. The zero-order valence-electron chi connectivity index (χ0n) is 16.6. The second kappa shape index (κ2) is 7.62. The Balaban J connectivity index is 1.67. The summed E-state index contributed by atoms with van der Waals surface area (Å²) in [6.45, 7) is 2.98. The van der Waals surface area contributed by atoms with Gasteiger partial charge in [-0.25, -0.2) is 9.69 Å². The molecule has 2 aromatic rings. The molecule has 154 valence electrons. The molecule has 1 fully saturated rings. The highest BCUT2D eigenvalue weighted by molar-refractivity contribution is 6.45. The molecule has 0 aromatic heterocycles. The smallest absolute Gasteiger partial charge is 0.334 e. The van der Waals surface area contributed by atoms with Crippen molar-refractivity contribution < 1.29 is 23.9 Å². The van der Waals surface area contributed by atoms with Crippen LogP contribution in [0.2, 0.25) is 0 Å². The molecule has 2 aromatic carbocycles. The van der Waals surface area contributed by atoms with E-state index in [0.29, 0.717) is 16.3 Å². The van der Waals surface area contributed by atoms with Crippen molar-refractivity contribution in [1.29, 1.82) is 0 Å². The average Bonchev–Trinajstić information content (AvgIpc) is 2.96. The molecule has 1 saturated heterocycles. The molecule has 0 spiro atoms. The summed E-state index contributed by atoms with van der Waals surface area (Å²) >= 11 is 0. The number of benzene rings is 2. The van der Waals surface area contributed by atoms with E-state index in [1.165, 1.54) is 4.90 Å². The van der Waals surface area contributed by atoms with Gasteiger partial charge < -0.3 is 4.74 Å². The second-order valence-corrected chi connectivity index (χ2v) is 7.41. The van der Waals surface area contributed by atoms with Gasteiger partial charge in [-0.1, -0.05) is 42.5 Å². The SMILES string of the molecule is CC(C)N1C(=O)C(=O)N(CC(=O)N2c3ccccc3OCC2c2ccccc2)C1=O. The molecule has 0 saturated carbocycles. The van der Waals surface area contributed by atoms with Crippen molar-refractivity contribution in [3.63, 3.8) is 0 Å². The number of fused-ring (bicyclic) bond motifs is 1. The van der Waals surface area contributed by atoms with Gasteiger partial charge in [-0.2, -0.15) is 0 Å². The minimum absolute atomic E-state index is 0.228. The highest BCUT2D eigenvalue weighted by Crippen LogP contribution is 2.39. The Labute approximate surface area is 173 Å². The summed E-state index contributed by atoms with van der Waals surface area (Å²) in [7, 11) is 0. The Kier molecular flexibility index (Phi) is 4.99. The highest BCUT2D eigenvalue weighted by Gasteiger charge is 2.47. The molecule has 1 unspecified atom stereocenters. The first kappa shape index (κ1) is 19.6. The molecule has 30 heavy (non-hydrogen) atoms. The van der Waals surface area contributed by atoms with Crippen molar-refractivity contribution in [3.8, 4) is 5.75 Å². The van der Waals surface area contributed by atoms with Gasteiger partial charge in [-0.05, 0) is 31.5 Å². The van der Waals surface area contributed by atoms with Crippen molar-refractivity contribution in [2.24, 2.45) is 0 Å². The van der Waals surface area contributed by atoms with Crippen LogP contribution >= 0.6 is 0 Å². The van der Waals surface area contributed by atoms with Crippen molar-refractivity contribution in [2.45, 2.75) is 25.9 Å². The fraction of sp³-hybridized carbons (Fsp3) is 0.273. The van der Waals surface area contributed by atoms with Crippen LogP contribution in [0.4, 0.5) is 10.5 Å². The van der Waals surface area contributed by atoms with Gasteiger partial charge in [0.25, 0.3) is 0 Å². The zero-order valence-corrected chi connectivity index (χ0v) is 16.6. The molecular formula is C22H21N3O5. The van der Waals surface area contributed by atoms with Crippen LogP contribution < -0.4 is 9.64 Å². The minimum Gasteiger partial charge on any atom is -0.489 e. The Morgan fingerprint density at radius 2 is 1.67 bits per heavy atom. The number of ether oxygens (including phenoxy) is 1. The predicted molar refractivity (Wildman–Crippen MR) is 108 cm³/mol. The molecule has 5 amide bonds. The van der Waals surface area contributed by atoms with E-state index in [-0.39, 0.29) is 6.61 Å². The lowest BCUT2D eigenvalue weighted by atomic mass is 10.0. The van der Waals surface area contributed by atoms with E-state index in [9.17, 15) is 19.2 Å². The predicted octanol–water partition coefficient (Wildman–Crippen LogP) is 2.35. The molecule has 8 heteroatoms. The number of carbonyl (C=O) groups is 4. The Bertz CT molecular complexity index is 1020. The molecule has 8 nitrogen and oxygen atoms in total. The van der Waals surface area contributed by atoms with Crippen LogP contribution in [-0.2, 0) is 14.4 Å². The minimum atomic E-state index is -0.986. The van der Waals surface area contributed by atoms with Crippen molar-refractivity contribution in [3.05, 3.63) is 60.2 Å². The molecule has 2 aliphatic rings. The van der Waals surface area contributed by atoms with Crippen molar-refractivity contribution >= 4 is 29.4 Å². The summed E-state index contributed by atoms with van der Waals surface area (Å²) in [4.78, 5) is 53.6. The molecule has 0 radical (unpaired) electrons. The Hall–Kier alpha value is -3.68. The van der Waals surface area contributed by atoms with Crippen molar-refractivity contribution in [1.82, 2.24) is 9.80 Å². The van der Waals surface area contributed by atoms with E-state index < -0.39 is 42.4 Å². The lowest BCUT2D eigenvalue weighted by Crippen LogP contribution is -2.48. The molecule has 2 aliphatic heterocycles. The lowest BCUT2D eigenvalue weighted by molar-refractivity contribution is -0.144. The molecule has 0 bridgehead atoms. The van der Waals surface area contributed by atoms with Gasteiger partial charge in [0, 0.05) is 6.04 Å². The first-order valence-electron chi connectivity index (χ1n) is 9.68. The highest BCUT2D eigenvalue weighted by atomic mass is 16.5. The third kappa shape index (κ3) is 3.20. The maximum Gasteiger partial charge on any atom is 0.334 e. The number of urea groups is 1. The van der Waals surface area contributed by atoms with Crippen LogP contribution in [-0.4, -0.2) is 52.7 Å². The maximum atomic E-state index is 13.4. The van der Waals surface area contributed by atoms with Crippen LogP contribution in [0.1, 0.15) is 25.5 Å². The van der Waals surface area contributed by atoms with Gasteiger partial charge in [-0.3, -0.25) is 24.2 Å². The van der Waals surface area contributed by atoms with E-state index in [1.807, 2.05) is 30.3 Å². The average molecular weight is 407 g/mol. The molecule has 4 rings (SSSR count). The quantitative estimate of drug-likeness (QED) is 0.574. The molecule has 2 heterocycles. The molecule has 0 N–H and O–H groups in total. The van der Waals surface area contributed by atoms with E-state index in [4.69, 9.17) is 4.74 Å². The van der Waals surface area contributed by atoms with Crippen LogP contribution in [0.15, 0.2) is 54.6 Å². The normalized spacial score (nSPS) is 18.7. The number of imide groups is 2. The van der Waals surface area contributed by atoms with E-state index in [1.54, 1.807) is 38.1 Å². The third-order valence-corrected chi connectivity index (χ3v) is 5.18. The number of para-hydroxylation sites is 2. The maximum absolute atomic E-state index is 13.4. The largest absolute Gasteiger partial charge is 0.489 e. The van der Waals surface area contributed by atoms with Crippen molar-refractivity contribution in [2.75, 3.05) is 18.1 Å². The number of carbonyl (C=O) groups excluding carboxylic acids is 4. The molecule has 0 aliphatic carbocycles. The summed E-state index contributed by atoms with van der Waals surface area (Å²) in [5, 5.41) is 0.